The van der Waals surface area contributed by atoms with E-state index >= 15 is 0 Å². The zero-order valence-corrected chi connectivity index (χ0v) is 15.3. The van der Waals surface area contributed by atoms with Gasteiger partial charge in [0.2, 0.25) is 0 Å². The number of nitro groups is 1. The fourth-order valence-corrected chi connectivity index (χ4v) is 4.31. The molecular weight excluding hydrogens is 368 g/mol. The minimum atomic E-state index is -0.410. The summed E-state index contributed by atoms with van der Waals surface area (Å²) in [5, 5.41) is 14.9. The van der Waals surface area contributed by atoms with Crippen LogP contribution in [0.1, 0.15) is 39.9 Å². The van der Waals surface area contributed by atoms with Gasteiger partial charge in [-0.25, -0.2) is 4.79 Å². The van der Waals surface area contributed by atoms with E-state index in [0.717, 1.165) is 23.2 Å². The molecule has 2 aliphatic rings. The Labute approximate surface area is 160 Å². The second-order valence-electron chi connectivity index (χ2n) is 6.70. The van der Waals surface area contributed by atoms with Crippen LogP contribution >= 0.6 is 11.6 Å². The minimum Gasteiger partial charge on any atom is -0.465 e. The molecule has 6 nitrogen and oxygen atoms in total. The number of rotatable bonds is 3. The summed E-state index contributed by atoms with van der Waals surface area (Å²) in [5.74, 6) is -0.187. The van der Waals surface area contributed by atoms with Gasteiger partial charge in [-0.15, -0.1) is 0 Å². The van der Waals surface area contributed by atoms with Gasteiger partial charge in [-0.2, -0.15) is 0 Å². The van der Waals surface area contributed by atoms with Crippen LogP contribution < -0.4 is 5.32 Å². The highest BCUT2D eigenvalue weighted by Crippen LogP contribution is 2.52. The SMILES string of the molecule is COC(=O)c1ccc(Cl)c2c1[C@@H]1C=CC[C@@H]1[C@@H](c1ccc([N+](=O)[O-])cc1)N2. The lowest BCUT2D eigenvalue weighted by molar-refractivity contribution is -0.384. The maximum Gasteiger partial charge on any atom is 0.338 e. The average Bonchev–Trinajstić information content (AvgIpc) is 3.17. The molecule has 138 valence electrons. The van der Waals surface area contributed by atoms with Crippen LogP contribution in [0.25, 0.3) is 0 Å². The molecular formula is C20H17ClN2O4. The topological polar surface area (TPSA) is 81.5 Å². The zero-order valence-electron chi connectivity index (χ0n) is 14.5. The molecule has 0 saturated carbocycles. The third-order valence-corrected chi connectivity index (χ3v) is 5.65. The summed E-state index contributed by atoms with van der Waals surface area (Å²) in [6.07, 6.45) is 5.05. The third kappa shape index (κ3) is 2.86. The summed E-state index contributed by atoms with van der Waals surface area (Å²) >= 11 is 6.44. The van der Waals surface area contributed by atoms with Gasteiger partial charge >= 0.3 is 5.97 Å². The number of hydrogen-bond donors (Lipinski definition) is 1. The van der Waals surface area contributed by atoms with Crippen molar-refractivity contribution in [1.29, 1.82) is 0 Å². The van der Waals surface area contributed by atoms with E-state index in [1.165, 1.54) is 19.2 Å². The quantitative estimate of drug-likeness (QED) is 0.353. The monoisotopic (exact) mass is 384 g/mol. The number of methoxy groups -OCH3 is 1. The van der Waals surface area contributed by atoms with Gasteiger partial charge in [0.05, 0.1) is 34.3 Å². The second-order valence-corrected chi connectivity index (χ2v) is 7.11. The molecule has 0 fully saturated rings. The third-order valence-electron chi connectivity index (χ3n) is 5.34. The van der Waals surface area contributed by atoms with Crippen LogP contribution in [-0.4, -0.2) is 18.0 Å². The molecule has 0 aromatic heterocycles. The van der Waals surface area contributed by atoms with E-state index in [-0.39, 0.29) is 23.6 Å². The number of allylic oxidation sites excluding steroid dienone is 2. The van der Waals surface area contributed by atoms with Gasteiger partial charge < -0.3 is 10.1 Å². The molecule has 0 radical (unpaired) electrons. The van der Waals surface area contributed by atoms with Crippen molar-refractivity contribution in [1.82, 2.24) is 0 Å². The lowest BCUT2D eigenvalue weighted by atomic mass is 9.75. The number of anilines is 1. The molecule has 1 aliphatic heterocycles. The Morgan fingerprint density at radius 3 is 2.67 bits per heavy atom. The maximum absolute atomic E-state index is 12.3. The first-order valence-electron chi connectivity index (χ1n) is 8.59. The van der Waals surface area contributed by atoms with E-state index in [2.05, 4.69) is 17.5 Å². The number of benzene rings is 2. The molecule has 1 aliphatic carbocycles. The highest BCUT2D eigenvalue weighted by atomic mass is 35.5. The lowest BCUT2D eigenvalue weighted by Gasteiger charge is -2.38. The van der Waals surface area contributed by atoms with Crippen LogP contribution in [0.3, 0.4) is 0 Å². The van der Waals surface area contributed by atoms with Crippen molar-refractivity contribution >= 4 is 28.9 Å². The molecule has 1 N–H and O–H groups in total. The maximum atomic E-state index is 12.3. The largest absolute Gasteiger partial charge is 0.465 e. The van der Waals surface area contributed by atoms with Crippen LogP contribution in [-0.2, 0) is 4.74 Å². The summed E-state index contributed by atoms with van der Waals surface area (Å²) in [4.78, 5) is 22.8. The van der Waals surface area contributed by atoms with Crippen LogP contribution in [0, 0.1) is 16.0 Å². The standard InChI is InChI=1S/C20H17ClN2O4/c1-27-20(24)15-9-10-16(21)19-17(15)13-3-2-4-14(13)18(22-19)11-5-7-12(8-6-11)23(25)26/h2-3,5-10,13-14,18,22H,4H2,1H3/t13-,14+,18-/m1/s1. The summed E-state index contributed by atoms with van der Waals surface area (Å²) in [5.41, 5.74) is 3.08. The number of nitrogens with zero attached hydrogens (tertiary/aromatic N) is 1. The van der Waals surface area contributed by atoms with Crippen molar-refractivity contribution in [3.8, 4) is 0 Å². The minimum absolute atomic E-state index is 0.0224. The van der Waals surface area contributed by atoms with E-state index in [1.54, 1.807) is 24.3 Å². The summed E-state index contributed by atoms with van der Waals surface area (Å²) in [6, 6.07) is 9.88. The number of halogens is 1. The van der Waals surface area contributed by atoms with Crippen molar-refractivity contribution in [2.45, 2.75) is 18.4 Å². The van der Waals surface area contributed by atoms with Gasteiger partial charge in [-0.05, 0) is 35.6 Å². The fourth-order valence-electron chi connectivity index (χ4n) is 4.10. The smallest absolute Gasteiger partial charge is 0.338 e. The van der Waals surface area contributed by atoms with Gasteiger partial charge in [-0.3, -0.25) is 10.1 Å². The average molecular weight is 385 g/mol. The Morgan fingerprint density at radius 1 is 1.26 bits per heavy atom. The number of ether oxygens (including phenoxy) is 1. The van der Waals surface area contributed by atoms with Crippen molar-refractivity contribution in [3.63, 3.8) is 0 Å². The van der Waals surface area contributed by atoms with Crippen LogP contribution in [0.5, 0.6) is 0 Å². The number of nitro benzene ring substituents is 1. The Morgan fingerprint density at radius 2 is 2.00 bits per heavy atom. The molecule has 0 bridgehead atoms. The predicted octanol–water partition coefficient (Wildman–Crippen LogP) is 4.86. The number of carbonyl (C=O) groups is 1. The van der Waals surface area contributed by atoms with Gasteiger partial charge in [0.15, 0.2) is 0 Å². The van der Waals surface area contributed by atoms with Gasteiger partial charge in [-0.1, -0.05) is 35.9 Å². The lowest BCUT2D eigenvalue weighted by Crippen LogP contribution is -2.30. The second kappa shape index (κ2) is 6.70. The highest BCUT2D eigenvalue weighted by molar-refractivity contribution is 6.33. The summed E-state index contributed by atoms with van der Waals surface area (Å²) in [6.45, 7) is 0. The fraction of sp³-hybridized carbons (Fsp3) is 0.250. The van der Waals surface area contributed by atoms with Gasteiger partial charge in [0.25, 0.3) is 5.69 Å². The molecule has 1 heterocycles. The molecule has 2 aromatic carbocycles. The van der Waals surface area contributed by atoms with Gasteiger partial charge in [0, 0.05) is 18.1 Å². The molecule has 27 heavy (non-hydrogen) atoms. The Bertz CT molecular complexity index is 955. The molecule has 0 unspecified atom stereocenters. The number of nitrogens with one attached hydrogen (secondary N) is 1. The van der Waals surface area contributed by atoms with Crippen LogP contribution in [0.4, 0.5) is 11.4 Å². The normalized spacial score (nSPS) is 22.5. The summed E-state index contributed by atoms with van der Waals surface area (Å²) < 4.78 is 4.94. The number of esters is 1. The summed E-state index contributed by atoms with van der Waals surface area (Å²) in [7, 11) is 1.36. The highest BCUT2D eigenvalue weighted by Gasteiger charge is 2.41. The first-order chi connectivity index (χ1) is 13.0. The first kappa shape index (κ1) is 17.5. The molecule has 0 amide bonds. The van der Waals surface area contributed by atoms with Crippen molar-refractivity contribution in [2.75, 3.05) is 12.4 Å². The molecule has 7 heteroatoms. The van der Waals surface area contributed by atoms with Crippen molar-refractivity contribution < 1.29 is 14.5 Å². The molecule has 2 aromatic rings. The van der Waals surface area contributed by atoms with E-state index in [9.17, 15) is 14.9 Å². The number of hydrogen-bond acceptors (Lipinski definition) is 5. The van der Waals surface area contributed by atoms with E-state index in [0.29, 0.717) is 10.6 Å². The number of non-ortho nitro benzene ring substituents is 1. The molecule has 0 spiro atoms. The van der Waals surface area contributed by atoms with E-state index in [1.807, 2.05) is 0 Å². The van der Waals surface area contributed by atoms with Crippen molar-refractivity contribution in [2.24, 2.45) is 5.92 Å². The van der Waals surface area contributed by atoms with Gasteiger partial charge in [0.1, 0.15) is 0 Å². The number of carbonyl (C=O) groups excluding carboxylic acids is 1. The number of fused-ring (bicyclic) bond motifs is 3. The van der Waals surface area contributed by atoms with Crippen LogP contribution in [0.15, 0.2) is 48.6 Å². The first-order valence-corrected chi connectivity index (χ1v) is 8.97. The Kier molecular flexibility index (Phi) is 4.36. The van der Waals surface area contributed by atoms with E-state index < -0.39 is 10.9 Å². The van der Waals surface area contributed by atoms with Crippen molar-refractivity contribution in [3.05, 3.63) is 80.4 Å². The molecule has 3 atom stereocenters. The molecule has 4 rings (SSSR count). The van der Waals surface area contributed by atoms with E-state index in [4.69, 9.17) is 16.3 Å². The Balaban J connectivity index is 1.80. The predicted molar refractivity (Wildman–Crippen MR) is 102 cm³/mol. The Hall–Kier alpha value is -2.86. The zero-order chi connectivity index (χ0) is 19.1. The molecule has 0 saturated heterocycles. The van der Waals surface area contributed by atoms with Crippen LogP contribution in [0.2, 0.25) is 5.02 Å².